The van der Waals surface area contributed by atoms with Gasteiger partial charge in [-0.25, -0.2) is 4.98 Å². The molecule has 0 bridgehead atoms. The van der Waals surface area contributed by atoms with Gasteiger partial charge in [0.05, 0.1) is 18.1 Å². The van der Waals surface area contributed by atoms with Gasteiger partial charge in [-0.3, -0.25) is 0 Å². The van der Waals surface area contributed by atoms with Gasteiger partial charge in [0.15, 0.2) is 6.29 Å². The summed E-state index contributed by atoms with van der Waals surface area (Å²) in [5.41, 5.74) is 0.0689. The first kappa shape index (κ1) is 14.4. The lowest BCUT2D eigenvalue weighted by Gasteiger charge is -2.31. The van der Waals surface area contributed by atoms with Gasteiger partial charge in [0.2, 0.25) is 0 Å². The molecule has 18 heavy (non-hydrogen) atoms. The third-order valence-electron chi connectivity index (χ3n) is 2.46. The summed E-state index contributed by atoms with van der Waals surface area (Å²) in [6, 6.07) is 2.04. The van der Waals surface area contributed by atoms with E-state index < -0.39 is 5.60 Å². The summed E-state index contributed by atoms with van der Waals surface area (Å²) in [7, 11) is 0. The maximum atomic E-state index is 8.89. The van der Waals surface area contributed by atoms with Crippen molar-refractivity contribution in [1.82, 2.24) is 9.55 Å². The number of aromatic nitrogens is 2. The fraction of sp³-hybridized carbons (Fsp3) is 0.538. The number of hydrogen-bond acceptors (Lipinski definition) is 4. The SMILES string of the molecule is CCOC(C)OC(C)(C)C(=CC#N)n1ccnc1. The van der Waals surface area contributed by atoms with Crippen LogP contribution in [0.15, 0.2) is 24.8 Å². The van der Waals surface area contributed by atoms with Gasteiger partial charge in [-0.2, -0.15) is 5.26 Å². The molecule has 0 amide bonds. The fourth-order valence-electron chi connectivity index (χ4n) is 1.77. The quantitative estimate of drug-likeness (QED) is 0.574. The Balaban J connectivity index is 2.92. The van der Waals surface area contributed by atoms with E-state index in [2.05, 4.69) is 4.98 Å². The summed E-state index contributed by atoms with van der Waals surface area (Å²) in [4.78, 5) is 3.98. The maximum absolute atomic E-state index is 8.89. The minimum Gasteiger partial charge on any atom is -0.353 e. The summed E-state index contributed by atoms with van der Waals surface area (Å²) in [6.45, 7) is 8.12. The van der Waals surface area contributed by atoms with Crippen molar-refractivity contribution >= 4 is 5.70 Å². The van der Waals surface area contributed by atoms with Crippen molar-refractivity contribution in [3.05, 3.63) is 24.8 Å². The average molecular weight is 249 g/mol. The number of nitriles is 1. The minimum atomic E-state index is -0.648. The lowest BCUT2D eigenvalue weighted by atomic mass is 10.0. The fourth-order valence-corrected chi connectivity index (χ4v) is 1.77. The molecule has 0 fully saturated rings. The molecule has 1 aromatic heterocycles. The molecular formula is C13H19N3O2. The first-order chi connectivity index (χ1) is 8.51. The lowest BCUT2D eigenvalue weighted by molar-refractivity contribution is -0.170. The van der Waals surface area contributed by atoms with Gasteiger partial charge in [-0.05, 0) is 27.7 Å². The normalized spacial score (nSPS) is 14.3. The number of hydrogen-bond donors (Lipinski definition) is 0. The molecule has 0 spiro atoms. The van der Waals surface area contributed by atoms with Crippen LogP contribution in [-0.2, 0) is 9.47 Å². The van der Waals surface area contributed by atoms with E-state index in [0.717, 1.165) is 0 Å². The molecule has 98 valence electrons. The highest BCUT2D eigenvalue weighted by atomic mass is 16.7. The van der Waals surface area contributed by atoms with Gasteiger partial charge in [-0.15, -0.1) is 0 Å². The van der Waals surface area contributed by atoms with Crippen LogP contribution in [0.2, 0.25) is 0 Å². The summed E-state index contributed by atoms with van der Waals surface area (Å²) < 4.78 is 13.0. The second-order valence-electron chi connectivity index (χ2n) is 4.28. The molecule has 0 aliphatic rings. The van der Waals surface area contributed by atoms with Crippen LogP contribution in [0.3, 0.4) is 0 Å². The van der Waals surface area contributed by atoms with E-state index in [-0.39, 0.29) is 6.29 Å². The van der Waals surface area contributed by atoms with Crippen molar-refractivity contribution in [2.24, 2.45) is 0 Å². The summed E-state index contributed by atoms with van der Waals surface area (Å²) in [5, 5.41) is 8.89. The van der Waals surface area contributed by atoms with Crippen LogP contribution in [-0.4, -0.2) is 28.0 Å². The van der Waals surface area contributed by atoms with Crippen LogP contribution in [0.4, 0.5) is 0 Å². The largest absolute Gasteiger partial charge is 0.353 e. The van der Waals surface area contributed by atoms with Crippen LogP contribution in [0.5, 0.6) is 0 Å². The Bertz CT molecular complexity index is 430. The van der Waals surface area contributed by atoms with Crippen molar-refractivity contribution in [2.75, 3.05) is 6.61 Å². The van der Waals surface area contributed by atoms with Crippen LogP contribution < -0.4 is 0 Å². The van der Waals surface area contributed by atoms with Gasteiger partial charge in [0, 0.05) is 25.1 Å². The van der Waals surface area contributed by atoms with Crippen LogP contribution in [0.25, 0.3) is 5.70 Å². The second-order valence-corrected chi connectivity index (χ2v) is 4.28. The molecule has 0 N–H and O–H groups in total. The topological polar surface area (TPSA) is 60.1 Å². The lowest BCUT2D eigenvalue weighted by Crippen LogP contribution is -2.34. The number of ether oxygens (including phenoxy) is 2. The van der Waals surface area contributed by atoms with Crippen LogP contribution in [0, 0.1) is 11.3 Å². The highest BCUT2D eigenvalue weighted by Gasteiger charge is 2.28. The third-order valence-corrected chi connectivity index (χ3v) is 2.46. The molecule has 0 radical (unpaired) electrons. The molecule has 1 aromatic rings. The zero-order chi connectivity index (χ0) is 13.6. The molecule has 1 rings (SSSR count). The molecule has 1 heterocycles. The molecular weight excluding hydrogens is 230 g/mol. The second kappa shape index (κ2) is 6.34. The Labute approximate surface area is 108 Å². The monoisotopic (exact) mass is 249 g/mol. The van der Waals surface area contributed by atoms with E-state index in [1.807, 2.05) is 33.8 Å². The minimum absolute atomic E-state index is 0.337. The number of nitrogens with zero attached hydrogens (tertiary/aromatic N) is 3. The summed E-state index contributed by atoms with van der Waals surface area (Å²) in [5.74, 6) is 0. The highest BCUT2D eigenvalue weighted by molar-refractivity contribution is 5.56. The number of allylic oxidation sites excluding steroid dienone is 1. The predicted molar refractivity (Wildman–Crippen MR) is 68.4 cm³/mol. The van der Waals surface area contributed by atoms with Crippen LogP contribution >= 0.6 is 0 Å². The van der Waals surface area contributed by atoms with Gasteiger partial charge in [0.1, 0.15) is 5.60 Å². The van der Waals surface area contributed by atoms with E-state index in [0.29, 0.717) is 12.3 Å². The summed E-state index contributed by atoms with van der Waals surface area (Å²) >= 11 is 0. The van der Waals surface area contributed by atoms with Gasteiger partial charge in [-0.1, -0.05) is 0 Å². The van der Waals surface area contributed by atoms with Gasteiger partial charge < -0.3 is 14.0 Å². The molecule has 1 atom stereocenters. The first-order valence-electron chi connectivity index (χ1n) is 5.89. The van der Waals surface area contributed by atoms with Gasteiger partial charge >= 0.3 is 0 Å². The zero-order valence-electron chi connectivity index (χ0n) is 11.3. The Morgan fingerprint density at radius 2 is 2.33 bits per heavy atom. The standard InChI is InChI=1S/C13H19N3O2/c1-5-17-11(2)18-13(3,4)12(6-7-14)16-9-8-15-10-16/h6,8-11H,5H2,1-4H3. The van der Waals surface area contributed by atoms with Crippen molar-refractivity contribution in [2.45, 2.75) is 39.6 Å². The van der Waals surface area contributed by atoms with Crippen molar-refractivity contribution in [1.29, 1.82) is 5.26 Å². The Morgan fingerprint density at radius 3 is 2.83 bits per heavy atom. The van der Waals surface area contributed by atoms with E-state index >= 15 is 0 Å². The van der Waals surface area contributed by atoms with Gasteiger partial charge in [0.25, 0.3) is 0 Å². The van der Waals surface area contributed by atoms with Crippen molar-refractivity contribution < 1.29 is 9.47 Å². The van der Waals surface area contributed by atoms with Crippen molar-refractivity contribution in [3.8, 4) is 6.07 Å². The maximum Gasteiger partial charge on any atom is 0.156 e. The first-order valence-corrected chi connectivity index (χ1v) is 5.89. The molecule has 0 aromatic carbocycles. The van der Waals surface area contributed by atoms with E-state index in [9.17, 15) is 0 Å². The smallest absolute Gasteiger partial charge is 0.156 e. The third kappa shape index (κ3) is 3.69. The molecule has 5 nitrogen and oxygen atoms in total. The highest BCUT2D eigenvalue weighted by Crippen LogP contribution is 2.26. The van der Waals surface area contributed by atoms with E-state index in [4.69, 9.17) is 14.7 Å². The Kier molecular flexibility index (Phi) is 5.08. The molecule has 1 unspecified atom stereocenters. The van der Waals surface area contributed by atoms with Crippen molar-refractivity contribution in [3.63, 3.8) is 0 Å². The van der Waals surface area contributed by atoms with E-state index in [1.54, 1.807) is 23.3 Å². The molecule has 0 aliphatic carbocycles. The number of imidazole rings is 1. The number of rotatable bonds is 6. The summed E-state index contributed by atoms with van der Waals surface area (Å²) in [6.07, 6.45) is 6.20. The van der Waals surface area contributed by atoms with E-state index in [1.165, 1.54) is 6.08 Å². The zero-order valence-corrected chi connectivity index (χ0v) is 11.3. The molecule has 0 saturated carbocycles. The molecule has 0 saturated heterocycles. The Hall–Kier alpha value is -1.64. The predicted octanol–water partition coefficient (Wildman–Crippen LogP) is 2.43. The Morgan fingerprint density at radius 1 is 1.61 bits per heavy atom. The van der Waals surface area contributed by atoms with Crippen LogP contribution in [0.1, 0.15) is 27.7 Å². The molecule has 0 aliphatic heterocycles. The average Bonchev–Trinajstić information content (AvgIpc) is 2.78. The molecule has 5 heteroatoms.